The largest absolute Gasteiger partial charge is 0.359 e. The molecule has 1 fully saturated rings. The molecule has 122 valence electrons. The Hall–Kier alpha value is -0.900. The lowest BCUT2D eigenvalue weighted by atomic mass is 9.97. The molecule has 0 saturated heterocycles. The summed E-state index contributed by atoms with van der Waals surface area (Å²) in [6.07, 6.45) is 6.18. The smallest absolute Gasteiger partial charge is 0.224 e. The average molecular weight is 296 g/mol. The van der Waals surface area contributed by atoms with Crippen LogP contribution in [0.4, 0.5) is 0 Å². The number of carbonyl (C=O) groups excluding carboxylic acids is 1. The maximum Gasteiger partial charge on any atom is 0.224 e. The molecular formula is C17H32N2O2. The van der Waals surface area contributed by atoms with Crippen LogP contribution in [0.25, 0.3) is 0 Å². The Balaban J connectivity index is 2.79. The quantitative estimate of drug-likeness (QED) is 0.730. The molecule has 1 N–H and O–H groups in total. The van der Waals surface area contributed by atoms with Gasteiger partial charge in [0.1, 0.15) is 0 Å². The van der Waals surface area contributed by atoms with Crippen molar-refractivity contribution < 1.29 is 9.53 Å². The summed E-state index contributed by atoms with van der Waals surface area (Å²) in [5.74, 6) is 0.755. The average Bonchev–Trinajstić information content (AvgIpc) is 2.44. The Morgan fingerprint density at radius 2 is 1.71 bits per heavy atom. The number of nitrogens with zero attached hydrogens (tertiary/aromatic N) is 1. The monoisotopic (exact) mass is 296 g/mol. The molecule has 0 spiro atoms. The van der Waals surface area contributed by atoms with E-state index in [2.05, 4.69) is 33.0 Å². The first-order valence-electron chi connectivity index (χ1n) is 8.37. The highest BCUT2D eigenvalue weighted by Gasteiger charge is 2.22. The van der Waals surface area contributed by atoms with E-state index in [4.69, 9.17) is 9.73 Å². The normalized spacial score (nSPS) is 17.9. The van der Waals surface area contributed by atoms with Gasteiger partial charge in [0.25, 0.3) is 0 Å². The van der Waals surface area contributed by atoms with Crippen LogP contribution in [0.2, 0.25) is 0 Å². The number of hydrogen-bond acceptors (Lipinski definition) is 3. The summed E-state index contributed by atoms with van der Waals surface area (Å²) in [4.78, 5) is 16.5. The Morgan fingerprint density at radius 1 is 1.14 bits per heavy atom. The highest BCUT2D eigenvalue weighted by atomic mass is 16.5. The summed E-state index contributed by atoms with van der Waals surface area (Å²) in [7, 11) is 1.66. The lowest BCUT2D eigenvalue weighted by Gasteiger charge is -2.27. The van der Waals surface area contributed by atoms with Crippen molar-refractivity contribution in [1.82, 2.24) is 5.32 Å². The Kier molecular flexibility index (Phi) is 7.94. The predicted octanol–water partition coefficient (Wildman–Crippen LogP) is 3.55. The van der Waals surface area contributed by atoms with Crippen LogP contribution in [0, 0.1) is 11.8 Å². The molecule has 0 aromatic rings. The highest BCUT2D eigenvalue weighted by molar-refractivity contribution is 5.88. The molecule has 0 aliphatic heterocycles. The van der Waals surface area contributed by atoms with Gasteiger partial charge in [-0.3, -0.25) is 9.79 Å². The van der Waals surface area contributed by atoms with Crippen LogP contribution in [0.3, 0.4) is 0 Å². The molecular weight excluding hydrogens is 264 g/mol. The van der Waals surface area contributed by atoms with E-state index in [-0.39, 0.29) is 18.2 Å². The van der Waals surface area contributed by atoms with Gasteiger partial charge in [-0.15, -0.1) is 0 Å². The maximum atomic E-state index is 11.7. The number of amides is 1. The third kappa shape index (κ3) is 6.60. The lowest BCUT2D eigenvalue weighted by Crippen LogP contribution is -2.31. The summed E-state index contributed by atoms with van der Waals surface area (Å²) in [5, 5.41) is 2.68. The van der Waals surface area contributed by atoms with Crippen molar-refractivity contribution in [3.8, 4) is 0 Å². The van der Waals surface area contributed by atoms with Gasteiger partial charge < -0.3 is 10.1 Å². The molecule has 1 atom stereocenters. The van der Waals surface area contributed by atoms with Crippen molar-refractivity contribution in [2.45, 2.75) is 78.6 Å². The summed E-state index contributed by atoms with van der Waals surface area (Å²) in [5.41, 5.74) is 1.14. The van der Waals surface area contributed by atoms with Crippen molar-refractivity contribution in [3.63, 3.8) is 0 Å². The first-order valence-corrected chi connectivity index (χ1v) is 8.37. The summed E-state index contributed by atoms with van der Waals surface area (Å²) >= 11 is 0. The summed E-state index contributed by atoms with van der Waals surface area (Å²) in [6, 6.07) is 0. The molecule has 1 unspecified atom stereocenters. The number of aliphatic imine (C=N–C) groups is 1. The first-order chi connectivity index (χ1) is 9.93. The van der Waals surface area contributed by atoms with E-state index in [9.17, 15) is 4.79 Å². The molecule has 0 aromatic carbocycles. The van der Waals surface area contributed by atoms with E-state index >= 15 is 0 Å². The third-order valence-corrected chi connectivity index (χ3v) is 4.02. The lowest BCUT2D eigenvalue weighted by molar-refractivity contribution is -0.125. The van der Waals surface area contributed by atoms with Crippen LogP contribution in [0.15, 0.2) is 4.99 Å². The molecule has 0 heterocycles. The molecule has 21 heavy (non-hydrogen) atoms. The summed E-state index contributed by atoms with van der Waals surface area (Å²) < 4.78 is 6.15. The first kappa shape index (κ1) is 18.1. The molecule has 4 nitrogen and oxygen atoms in total. The number of hydrogen-bond donors (Lipinski definition) is 1. The second kappa shape index (κ2) is 9.19. The second-order valence-electron chi connectivity index (χ2n) is 6.59. The number of nitrogens with one attached hydrogen (secondary N) is 1. The molecule has 1 saturated carbocycles. The maximum absolute atomic E-state index is 11.7. The minimum atomic E-state index is -0.340. The Labute approximate surface area is 129 Å². The van der Waals surface area contributed by atoms with E-state index in [0.29, 0.717) is 18.3 Å². The number of rotatable bonds is 7. The number of ether oxygens (including phenoxy) is 1. The molecule has 1 aliphatic carbocycles. The zero-order valence-corrected chi connectivity index (χ0v) is 14.3. The standard InChI is InChI=1S/C17H32N2O2/c1-12(2)17(13(3)4)19-16(11-15(20)18-5)21-14-9-7-6-8-10-14/h12-14,16H,6-11H2,1-5H3,(H,18,20). The van der Waals surface area contributed by atoms with Crippen molar-refractivity contribution in [3.05, 3.63) is 0 Å². The fraction of sp³-hybridized carbons (Fsp3) is 0.882. The van der Waals surface area contributed by atoms with Gasteiger partial charge in [-0.05, 0) is 24.7 Å². The van der Waals surface area contributed by atoms with Gasteiger partial charge in [-0.1, -0.05) is 47.0 Å². The van der Waals surface area contributed by atoms with Gasteiger partial charge in [0, 0.05) is 12.8 Å². The molecule has 4 heteroatoms. The topological polar surface area (TPSA) is 50.7 Å². The second-order valence-corrected chi connectivity index (χ2v) is 6.59. The van der Waals surface area contributed by atoms with Gasteiger partial charge in [-0.2, -0.15) is 0 Å². The van der Waals surface area contributed by atoms with E-state index in [1.165, 1.54) is 19.3 Å². The summed E-state index contributed by atoms with van der Waals surface area (Å²) in [6.45, 7) is 8.60. The molecule has 0 radical (unpaired) electrons. The zero-order valence-electron chi connectivity index (χ0n) is 14.3. The minimum absolute atomic E-state index is 0.00794. The van der Waals surface area contributed by atoms with Crippen LogP contribution in [0.5, 0.6) is 0 Å². The molecule has 1 rings (SSSR count). The Bertz CT molecular complexity index is 335. The molecule has 1 amide bonds. The minimum Gasteiger partial charge on any atom is -0.359 e. The van der Waals surface area contributed by atoms with E-state index in [1.807, 2.05) is 0 Å². The van der Waals surface area contributed by atoms with Crippen LogP contribution < -0.4 is 5.32 Å². The van der Waals surface area contributed by atoms with Gasteiger partial charge in [0.2, 0.25) is 5.91 Å². The highest BCUT2D eigenvalue weighted by Crippen LogP contribution is 2.23. The van der Waals surface area contributed by atoms with Crippen molar-refractivity contribution >= 4 is 11.6 Å². The number of carbonyl (C=O) groups is 1. The van der Waals surface area contributed by atoms with E-state index in [1.54, 1.807) is 7.05 Å². The zero-order chi connectivity index (χ0) is 15.8. The molecule has 0 bridgehead atoms. The molecule has 0 aromatic heterocycles. The van der Waals surface area contributed by atoms with Crippen molar-refractivity contribution in [2.75, 3.05) is 7.05 Å². The van der Waals surface area contributed by atoms with Crippen LogP contribution >= 0.6 is 0 Å². The van der Waals surface area contributed by atoms with Gasteiger partial charge in [-0.25, -0.2) is 0 Å². The van der Waals surface area contributed by atoms with Gasteiger partial charge in [0.05, 0.1) is 12.5 Å². The van der Waals surface area contributed by atoms with Crippen LogP contribution in [0.1, 0.15) is 66.2 Å². The van der Waals surface area contributed by atoms with Crippen LogP contribution in [-0.2, 0) is 9.53 Å². The van der Waals surface area contributed by atoms with Crippen LogP contribution in [-0.4, -0.2) is 31.0 Å². The van der Waals surface area contributed by atoms with Gasteiger partial charge >= 0.3 is 0 Å². The fourth-order valence-corrected chi connectivity index (χ4v) is 2.94. The van der Waals surface area contributed by atoms with Gasteiger partial charge in [0.15, 0.2) is 6.23 Å². The SMILES string of the molecule is CNC(=O)CC(N=C(C(C)C)C(C)C)OC1CCCCC1. The third-order valence-electron chi connectivity index (χ3n) is 4.02. The fourth-order valence-electron chi connectivity index (χ4n) is 2.94. The molecule has 1 aliphatic rings. The predicted molar refractivity (Wildman–Crippen MR) is 87.5 cm³/mol. The van der Waals surface area contributed by atoms with Crippen molar-refractivity contribution in [2.24, 2.45) is 16.8 Å². The van der Waals surface area contributed by atoms with Crippen molar-refractivity contribution in [1.29, 1.82) is 0 Å². The van der Waals surface area contributed by atoms with E-state index < -0.39 is 0 Å². The van der Waals surface area contributed by atoms with E-state index in [0.717, 1.165) is 18.6 Å². The Morgan fingerprint density at radius 3 is 2.19 bits per heavy atom.